The zero-order valence-corrected chi connectivity index (χ0v) is 12.5. The molecule has 116 valence electrons. The summed E-state index contributed by atoms with van der Waals surface area (Å²) < 4.78 is 0. The normalized spacial score (nSPS) is 13.9. The molecule has 0 amide bonds. The fraction of sp³-hybridized carbons (Fsp3) is 0.500. The van der Waals surface area contributed by atoms with Gasteiger partial charge < -0.3 is 10.2 Å². The number of aliphatic carboxylic acids is 2. The molecule has 0 aliphatic carbocycles. The number of aryl methyl sites for hydroxylation is 1. The number of hydrogen-bond donors (Lipinski definition) is 2. The van der Waals surface area contributed by atoms with Gasteiger partial charge in [0.25, 0.3) is 0 Å². The Balaban J connectivity index is 2.56. The molecule has 0 saturated heterocycles. The Morgan fingerprint density at radius 2 is 1.71 bits per heavy atom. The van der Waals surface area contributed by atoms with Gasteiger partial charge in [-0.2, -0.15) is 0 Å². The Morgan fingerprint density at radius 1 is 1.10 bits per heavy atom. The summed E-state index contributed by atoms with van der Waals surface area (Å²) in [7, 11) is 0. The monoisotopic (exact) mass is 293 g/mol. The van der Waals surface area contributed by atoms with Gasteiger partial charge in [-0.1, -0.05) is 37.3 Å². The second kappa shape index (κ2) is 8.42. The van der Waals surface area contributed by atoms with E-state index < -0.39 is 23.9 Å². The average molecular weight is 293 g/mol. The van der Waals surface area contributed by atoms with E-state index in [4.69, 9.17) is 10.2 Å². The molecule has 1 rings (SSSR count). The third-order valence-corrected chi connectivity index (χ3v) is 3.59. The van der Waals surface area contributed by atoms with E-state index in [0.717, 1.165) is 12.8 Å². The van der Waals surface area contributed by atoms with Gasteiger partial charge >= 0.3 is 11.9 Å². The van der Waals surface area contributed by atoms with E-state index in [0.29, 0.717) is 6.54 Å². The van der Waals surface area contributed by atoms with Crippen LogP contribution >= 0.6 is 0 Å². The molecule has 5 nitrogen and oxygen atoms in total. The SMILES string of the molecule is CC(CN(CCCc1ccccc1)C(C)C(=O)O)C(=O)O. The number of rotatable bonds is 9. The number of nitrogens with zero attached hydrogens (tertiary/aromatic N) is 1. The lowest BCUT2D eigenvalue weighted by molar-refractivity contribution is -0.146. The first-order chi connectivity index (χ1) is 9.91. The Labute approximate surface area is 125 Å². The van der Waals surface area contributed by atoms with Gasteiger partial charge in [0.2, 0.25) is 0 Å². The first-order valence-electron chi connectivity index (χ1n) is 7.15. The van der Waals surface area contributed by atoms with Crippen molar-refractivity contribution in [3.8, 4) is 0 Å². The number of carbonyl (C=O) groups is 2. The van der Waals surface area contributed by atoms with Crippen LogP contribution < -0.4 is 0 Å². The Kier molecular flexibility index (Phi) is 6.88. The lowest BCUT2D eigenvalue weighted by Crippen LogP contribution is -2.43. The van der Waals surface area contributed by atoms with Crippen LogP contribution in [0.25, 0.3) is 0 Å². The molecule has 21 heavy (non-hydrogen) atoms. The standard InChI is InChI=1S/C16H23NO4/c1-12(15(18)19)11-17(13(2)16(20)21)10-6-9-14-7-4-3-5-8-14/h3-5,7-8,12-13H,6,9-11H2,1-2H3,(H,18,19)(H,20,21). The number of carboxylic acid groups (broad SMARTS) is 2. The van der Waals surface area contributed by atoms with E-state index in [2.05, 4.69) is 0 Å². The van der Waals surface area contributed by atoms with Crippen molar-refractivity contribution in [2.24, 2.45) is 5.92 Å². The molecule has 0 spiro atoms. The first-order valence-corrected chi connectivity index (χ1v) is 7.15. The highest BCUT2D eigenvalue weighted by Crippen LogP contribution is 2.09. The van der Waals surface area contributed by atoms with Crippen molar-refractivity contribution in [3.63, 3.8) is 0 Å². The van der Waals surface area contributed by atoms with E-state index in [-0.39, 0.29) is 6.54 Å². The van der Waals surface area contributed by atoms with Crippen LogP contribution in [0.15, 0.2) is 30.3 Å². The van der Waals surface area contributed by atoms with Gasteiger partial charge in [-0.25, -0.2) is 0 Å². The summed E-state index contributed by atoms with van der Waals surface area (Å²) >= 11 is 0. The first kappa shape index (κ1) is 17.2. The van der Waals surface area contributed by atoms with Gasteiger partial charge in [0.1, 0.15) is 6.04 Å². The van der Waals surface area contributed by atoms with Crippen LogP contribution in [0.2, 0.25) is 0 Å². The Hall–Kier alpha value is -1.88. The average Bonchev–Trinajstić information content (AvgIpc) is 2.46. The van der Waals surface area contributed by atoms with Gasteiger partial charge in [-0.05, 0) is 31.9 Å². The van der Waals surface area contributed by atoms with Crippen LogP contribution in [0.3, 0.4) is 0 Å². The maximum atomic E-state index is 11.1. The molecule has 0 radical (unpaired) electrons. The molecule has 5 heteroatoms. The maximum Gasteiger partial charge on any atom is 0.320 e. The van der Waals surface area contributed by atoms with Crippen molar-refractivity contribution in [1.29, 1.82) is 0 Å². The van der Waals surface area contributed by atoms with E-state index in [1.807, 2.05) is 30.3 Å². The summed E-state index contributed by atoms with van der Waals surface area (Å²) in [6.07, 6.45) is 1.65. The largest absolute Gasteiger partial charge is 0.481 e. The highest BCUT2D eigenvalue weighted by atomic mass is 16.4. The molecule has 1 aromatic carbocycles. The van der Waals surface area contributed by atoms with E-state index >= 15 is 0 Å². The van der Waals surface area contributed by atoms with E-state index in [9.17, 15) is 9.59 Å². The molecule has 0 aliphatic rings. The summed E-state index contributed by atoms with van der Waals surface area (Å²) in [5.41, 5.74) is 1.20. The van der Waals surface area contributed by atoms with Crippen LogP contribution in [-0.4, -0.2) is 46.2 Å². The van der Waals surface area contributed by atoms with E-state index in [1.54, 1.807) is 18.7 Å². The maximum absolute atomic E-state index is 11.1. The summed E-state index contributed by atoms with van der Waals surface area (Å²) in [6, 6.07) is 9.29. The second-order valence-corrected chi connectivity index (χ2v) is 5.34. The van der Waals surface area contributed by atoms with Crippen molar-refractivity contribution in [2.45, 2.75) is 32.7 Å². The molecule has 0 saturated carbocycles. The predicted octanol–water partition coefficient (Wildman–Crippen LogP) is 2.11. The molecule has 0 aromatic heterocycles. The topological polar surface area (TPSA) is 77.8 Å². The lowest BCUT2D eigenvalue weighted by Gasteiger charge is -2.27. The fourth-order valence-corrected chi connectivity index (χ4v) is 2.16. The van der Waals surface area contributed by atoms with Gasteiger partial charge in [0, 0.05) is 6.54 Å². The molecule has 2 unspecified atom stereocenters. The quantitative estimate of drug-likeness (QED) is 0.729. The third-order valence-electron chi connectivity index (χ3n) is 3.59. The molecule has 0 aliphatic heterocycles. The highest BCUT2D eigenvalue weighted by Gasteiger charge is 2.24. The Bertz CT molecular complexity index is 461. The smallest absolute Gasteiger partial charge is 0.320 e. The minimum Gasteiger partial charge on any atom is -0.481 e. The number of benzene rings is 1. The van der Waals surface area contributed by atoms with Crippen LogP contribution in [0.5, 0.6) is 0 Å². The van der Waals surface area contributed by atoms with Crippen molar-refractivity contribution in [3.05, 3.63) is 35.9 Å². The molecule has 1 aromatic rings. The lowest BCUT2D eigenvalue weighted by atomic mass is 10.1. The van der Waals surface area contributed by atoms with Gasteiger partial charge in [0.05, 0.1) is 5.92 Å². The van der Waals surface area contributed by atoms with Crippen LogP contribution in [0.1, 0.15) is 25.8 Å². The molecule has 0 heterocycles. The summed E-state index contributed by atoms with van der Waals surface area (Å²) in [5.74, 6) is -2.41. The second-order valence-electron chi connectivity index (χ2n) is 5.34. The van der Waals surface area contributed by atoms with Crippen molar-refractivity contribution < 1.29 is 19.8 Å². The zero-order valence-electron chi connectivity index (χ0n) is 12.5. The van der Waals surface area contributed by atoms with Crippen LogP contribution in [0, 0.1) is 5.92 Å². The molecule has 2 atom stereocenters. The minimum absolute atomic E-state index is 0.248. The van der Waals surface area contributed by atoms with Crippen molar-refractivity contribution >= 4 is 11.9 Å². The molecular formula is C16H23NO4. The summed E-state index contributed by atoms with van der Waals surface area (Å²) in [6.45, 7) is 4.01. The Morgan fingerprint density at radius 3 is 2.24 bits per heavy atom. The van der Waals surface area contributed by atoms with Crippen molar-refractivity contribution in [2.75, 3.05) is 13.1 Å². The predicted molar refractivity (Wildman–Crippen MR) is 80.2 cm³/mol. The van der Waals surface area contributed by atoms with Gasteiger partial charge in [-0.15, -0.1) is 0 Å². The number of hydrogen-bond acceptors (Lipinski definition) is 3. The summed E-state index contributed by atoms with van der Waals surface area (Å²) in [5, 5.41) is 18.1. The van der Waals surface area contributed by atoms with Gasteiger partial charge in [0.15, 0.2) is 0 Å². The molecule has 0 fully saturated rings. The fourth-order valence-electron chi connectivity index (χ4n) is 2.16. The van der Waals surface area contributed by atoms with Crippen molar-refractivity contribution in [1.82, 2.24) is 4.90 Å². The van der Waals surface area contributed by atoms with E-state index in [1.165, 1.54) is 5.56 Å². The highest BCUT2D eigenvalue weighted by molar-refractivity contribution is 5.73. The zero-order chi connectivity index (χ0) is 15.8. The molecule has 0 bridgehead atoms. The number of carboxylic acids is 2. The molecular weight excluding hydrogens is 270 g/mol. The van der Waals surface area contributed by atoms with Crippen LogP contribution in [0.4, 0.5) is 0 Å². The minimum atomic E-state index is -0.924. The van der Waals surface area contributed by atoms with Gasteiger partial charge in [-0.3, -0.25) is 14.5 Å². The molecule has 2 N–H and O–H groups in total. The third kappa shape index (κ3) is 5.95. The summed E-state index contributed by atoms with van der Waals surface area (Å²) in [4.78, 5) is 23.8. The van der Waals surface area contributed by atoms with Crippen LogP contribution in [-0.2, 0) is 16.0 Å².